The second kappa shape index (κ2) is 4.39. The standard InChI is InChI=1S/C8H10N4OS/c13-8(7-3-14-5-11-7)12-6-1-9-4-10-2-6/h1-2,4,7,11H,3,5H2,(H,12,13). The number of nitrogens with one attached hydrogen (secondary N) is 2. The topological polar surface area (TPSA) is 66.9 Å². The molecule has 5 nitrogen and oxygen atoms in total. The number of hydrogen-bond donors (Lipinski definition) is 2. The minimum atomic E-state index is -0.0970. The van der Waals surface area contributed by atoms with E-state index in [4.69, 9.17) is 0 Å². The van der Waals surface area contributed by atoms with Crippen LogP contribution in [0.2, 0.25) is 0 Å². The summed E-state index contributed by atoms with van der Waals surface area (Å²) in [7, 11) is 0. The fraction of sp³-hybridized carbons (Fsp3) is 0.375. The summed E-state index contributed by atoms with van der Waals surface area (Å²) in [6.07, 6.45) is 4.58. The SMILES string of the molecule is O=C(Nc1cncnc1)C1CSCN1. The third-order valence-corrected chi connectivity index (χ3v) is 2.80. The first-order valence-electron chi connectivity index (χ1n) is 4.23. The van der Waals surface area contributed by atoms with Crippen LogP contribution in [0.5, 0.6) is 0 Å². The maximum atomic E-state index is 11.6. The summed E-state index contributed by atoms with van der Waals surface area (Å²) < 4.78 is 0. The molecule has 2 heterocycles. The van der Waals surface area contributed by atoms with Gasteiger partial charge in [-0.25, -0.2) is 9.97 Å². The summed E-state index contributed by atoms with van der Waals surface area (Å²) >= 11 is 1.72. The summed E-state index contributed by atoms with van der Waals surface area (Å²) in [4.78, 5) is 19.2. The first-order chi connectivity index (χ1) is 6.86. The highest BCUT2D eigenvalue weighted by molar-refractivity contribution is 7.99. The number of anilines is 1. The van der Waals surface area contributed by atoms with Gasteiger partial charge in [-0.1, -0.05) is 0 Å². The Morgan fingerprint density at radius 1 is 1.57 bits per heavy atom. The fourth-order valence-electron chi connectivity index (χ4n) is 1.16. The Labute approximate surface area is 85.7 Å². The van der Waals surface area contributed by atoms with Crippen LogP contribution in [-0.2, 0) is 4.79 Å². The summed E-state index contributed by atoms with van der Waals surface area (Å²) in [5, 5.41) is 5.83. The number of hydrogen-bond acceptors (Lipinski definition) is 5. The van der Waals surface area contributed by atoms with Crippen molar-refractivity contribution in [1.82, 2.24) is 15.3 Å². The van der Waals surface area contributed by atoms with Crippen LogP contribution in [0.3, 0.4) is 0 Å². The van der Waals surface area contributed by atoms with E-state index in [1.54, 1.807) is 24.2 Å². The zero-order valence-corrected chi connectivity index (χ0v) is 8.25. The molecule has 1 aromatic heterocycles. The van der Waals surface area contributed by atoms with E-state index in [2.05, 4.69) is 20.6 Å². The molecule has 1 aliphatic rings. The molecule has 1 amide bonds. The lowest BCUT2D eigenvalue weighted by atomic mass is 10.3. The van der Waals surface area contributed by atoms with Gasteiger partial charge in [0.2, 0.25) is 5.91 Å². The lowest BCUT2D eigenvalue weighted by Crippen LogP contribution is -2.37. The molecular weight excluding hydrogens is 200 g/mol. The van der Waals surface area contributed by atoms with E-state index in [1.165, 1.54) is 6.33 Å². The Morgan fingerprint density at radius 2 is 2.36 bits per heavy atom. The molecule has 1 aromatic rings. The molecule has 74 valence electrons. The van der Waals surface area contributed by atoms with Crippen molar-refractivity contribution in [1.29, 1.82) is 0 Å². The predicted molar refractivity (Wildman–Crippen MR) is 54.9 cm³/mol. The molecule has 1 unspecified atom stereocenters. The molecule has 1 saturated heterocycles. The molecule has 2 N–H and O–H groups in total. The Morgan fingerprint density at radius 3 is 3.00 bits per heavy atom. The molecule has 0 bridgehead atoms. The highest BCUT2D eigenvalue weighted by Gasteiger charge is 2.22. The van der Waals surface area contributed by atoms with Crippen LogP contribution in [0.15, 0.2) is 18.7 Å². The second-order valence-electron chi connectivity index (χ2n) is 2.89. The van der Waals surface area contributed by atoms with Gasteiger partial charge in [0.05, 0.1) is 24.1 Å². The van der Waals surface area contributed by atoms with Crippen LogP contribution in [0, 0.1) is 0 Å². The Kier molecular flexibility index (Phi) is 2.95. The van der Waals surface area contributed by atoms with Crippen LogP contribution < -0.4 is 10.6 Å². The van der Waals surface area contributed by atoms with Gasteiger partial charge in [-0.05, 0) is 0 Å². The van der Waals surface area contributed by atoms with E-state index in [0.717, 1.165) is 11.6 Å². The highest BCUT2D eigenvalue weighted by atomic mass is 32.2. The van der Waals surface area contributed by atoms with Crippen molar-refractivity contribution < 1.29 is 4.79 Å². The van der Waals surface area contributed by atoms with Crippen LogP contribution in [-0.4, -0.2) is 33.5 Å². The van der Waals surface area contributed by atoms with Gasteiger partial charge in [0.15, 0.2) is 0 Å². The molecule has 0 aliphatic carbocycles. The smallest absolute Gasteiger partial charge is 0.242 e. The van der Waals surface area contributed by atoms with Crippen molar-refractivity contribution in [3.05, 3.63) is 18.7 Å². The summed E-state index contributed by atoms with van der Waals surface area (Å²) in [6.45, 7) is 0. The number of aromatic nitrogens is 2. The van der Waals surface area contributed by atoms with Gasteiger partial charge in [0, 0.05) is 11.6 Å². The zero-order valence-electron chi connectivity index (χ0n) is 7.43. The molecule has 6 heteroatoms. The highest BCUT2D eigenvalue weighted by Crippen LogP contribution is 2.11. The zero-order chi connectivity index (χ0) is 9.80. The monoisotopic (exact) mass is 210 g/mol. The molecule has 14 heavy (non-hydrogen) atoms. The molecule has 2 rings (SSSR count). The molecule has 0 spiro atoms. The second-order valence-corrected chi connectivity index (χ2v) is 3.92. The van der Waals surface area contributed by atoms with Crippen LogP contribution in [0.25, 0.3) is 0 Å². The average Bonchev–Trinajstić information content (AvgIpc) is 2.72. The van der Waals surface area contributed by atoms with Crippen molar-refractivity contribution in [2.45, 2.75) is 6.04 Å². The van der Waals surface area contributed by atoms with Gasteiger partial charge in [-0.3, -0.25) is 10.1 Å². The number of nitrogens with zero attached hydrogens (tertiary/aromatic N) is 2. The van der Waals surface area contributed by atoms with Crippen molar-refractivity contribution in [3.63, 3.8) is 0 Å². The van der Waals surface area contributed by atoms with Crippen molar-refractivity contribution in [3.8, 4) is 0 Å². The first kappa shape index (κ1) is 9.42. The quantitative estimate of drug-likeness (QED) is 0.723. The van der Waals surface area contributed by atoms with E-state index in [0.29, 0.717) is 5.69 Å². The number of carbonyl (C=O) groups is 1. The number of amides is 1. The predicted octanol–water partition coefficient (Wildman–Crippen LogP) is 0.0776. The van der Waals surface area contributed by atoms with E-state index in [1.807, 2.05) is 0 Å². The summed E-state index contributed by atoms with van der Waals surface area (Å²) in [5.74, 6) is 1.63. The maximum Gasteiger partial charge on any atom is 0.242 e. The van der Waals surface area contributed by atoms with Gasteiger partial charge < -0.3 is 5.32 Å². The van der Waals surface area contributed by atoms with Crippen molar-refractivity contribution in [2.24, 2.45) is 0 Å². The minimum Gasteiger partial charge on any atom is -0.322 e. The fourth-order valence-corrected chi connectivity index (χ4v) is 2.10. The van der Waals surface area contributed by atoms with E-state index >= 15 is 0 Å². The molecule has 1 fully saturated rings. The van der Waals surface area contributed by atoms with Crippen LogP contribution in [0.1, 0.15) is 0 Å². The Hall–Kier alpha value is -1.14. The normalized spacial score (nSPS) is 20.7. The van der Waals surface area contributed by atoms with Gasteiger partial charge in [0.25, 0.3) is 0 Å². The van der Waals surface area contributed by atoms with Crippen molar-refractivity contribution >= 4 is 23.4 Å². The van der Waals surface area contributed by atoms with E-state index in [-0.39, 0.29) is 11.9 Å². The average molecular weight is 210 g/mol. The van der Waals surface area contributed by atoms with E-state index in [9.17, 15) is 4.79 Å². The Balaban J connectivity index is 1.94. The molecule has 1 aliphatic heterocycles. The minimum absolute atomic E-state index is 0.0233. The lowest BCUT2D eigenvalue weighted by molar-refractivity contribution is -0.117. The molecular formula is C8H10N4OS. The Bertz CT molecular complexity index is 312. The number of thioether (sulfide) groups is 1. The third kappa shape index (κ3) is 2.21. The summed E-state index contributed by atoms with van der Waals surface area (Å²) in [6, 6.07) is -0.0970. The first-order valence-corrected chi connectivity index (χ1v) is 5.39. The van der Waals surface area contributed by atoms with Gasteiger partial charge in [-0.2, -0.15) is 0 Å². The van der Waals surface area contributed by atoms with Crippen LogP contribution in [0.4, 0.5) is 5.69 Å². The third-order valence-electron chi connectivity index (χ3n) is 1.86. The number of carbonyl (C=O) groups excluding carboxylic acids is 1. The van der Waals surface area contributed by atoms with Crippen LogP contribution >= 0.6 is 11.8 Å². The van der Waals surface area contributed by atoms with E-state index < -0.39 is 0 Å². The maximum absolute atomic E-state index is 11.6. The van der Waals surface area contributed by atoms with Gasteiger partial charge in [0.1, 0.15) is 6.33 Å². The van der Waals surface area contributed by atoms with Gasteiger partial charge >= 0.3 is 0 Å². The van der Waals surface area contributed by atoms with Crippen molar-refractivity contribution in [2.75, 3.05) is 16.9 Å². The summed E-state index contributed by atoms with van der Waals surface area (Å²) in [5.41, 5.74) is 0.635. The molecule has 0 radical (unpaired) electrons. The molecule has 1 atom stereocenters. The molecule has 0 aromatic carbocycles. The van der Waals surface area contributed by atoms with Gasteiger partial charge in [-0.15, -0.1) is 11.8 Å². The number of rotatable bonds is 2. The lowest BCUT2D eigenvalue weighted by Gasteiger charge is -2.09. The molecule has 0 saturated carbocycles. The largest absolute Gasteiger partial charge is 0.322 e.